The van der Waals surface area contributed by atoms with E-state index < -0.39 is 5.41 Å². The normalized spacial score (nSPS) is 13.4. The molecule has 9 aromatic rings. The van der Waals surface area contributed by atoms with Crippen molar-refractivity contribution in [2.24, 2.45) is 0 Å². The quantitative estimate of drug-likeness (QED) is 0.194. The Balaban J connectivity index is 1.23. The predicted molar refractivity (Wildman–Crippen MR) is 202 cm³/mol. The molecule has 2 aliphatic carbocycles. The van der Waals surface area contributed by atoms with Crippen LogP contribution in [0.5, 0.6) is 0 Å². The number of para-hydroxylation sites is 1. The van der Waals surface area contributed by atoms with Crippen LogP contribution in [-0.2, 0) is 5.41 Å². The first-order valence-electron chi connectivity index (χ1n) is 17.1. The van der Waals surface area contributed by atoms with Gasteiger partial charge in [-0.3, -0.25) is 0 Å². The molecule has 1 spiro atoms. The zero-order valence-electron chi connectivity index (χ0n) is 27.0. The maximum atomic E-state index is 6.75. The van der Waals surface area contributed by atoms with Gasteiger partial charge in [0.25, 0.3) is 0 Å². The molecule has 2 heterocycles. The van der Waals surface area contributed by atoms with Gasteiger partial charge in [0, 0.05) is 33.0 Å². The van der Waals surface area contributed by atoms with Gasteiger partial charge < -0.3 is 4.42 Å². The largest absolute Gasteiger partial charge is 0.455 e. The summed E-state index contributed by atoms with van der Waals surface area (Å²) in [4.78, 5) is 10.5. The van der Waals surface area contributed by atoms with Crippen molar-refractivity contribution in [3.05, 3.63) is 192 Å². The fraction of sp³-hybridized carbons (Fsp3) is 0.0213. The molecule has 0 fully saturated rings. The minimum atomic E-state index is -0.527. The molecule has 0 N–H and O–H groups in total. The van der Waals surface area contributed by atoms with Gasteiger partial charge in [-0.15, -0.1) is 0 Å². The highest BCUT2D eigenvalue weighted by atomic mass is 16.3. The van der Waals surface area contributed by atoms with Crippen molar-refractivity contribution < 1.29 is 4.42 Å². The third-order valence-corrected chi connectivity index (χ3v) is 10.7. The average molecular weight is 637 g/mol. The number of aromatic nitrogens is 2. The zero-order chi connectivity index (χ0) is 32.8. The number of rotatable bonds is 3. The molecule has 0 saturated heterocycles. The van der Waals surface area contributed by atoms with E-state index in [-0.39, 0.29) is 0 Å². The Labute approximate surface area is 289 Å². The molecule has 11 rings (SSSR count). The summed E-state index contributed by atoms with van der Waals surface area (Å²) in [5.41, 5.74) is 16.1. The molecule has 0 unspecified atom stereocenters. The minimum absolute atomic E-state index is 0.527. The highest BCUT2D eigenvalue weighted by Crippen LogP contribution is 2.64. The van der Waals surface area contributed by atoms with Gasteiger partial charge in [-0.1, -0.05) is 152 Å². The molecule has 0 atom stereocenters. The topological polar surface area (TPSA) is 38.9 Å². The molecule has 0 amide bonds. The van der Waals surface area contributed by atoms with Crippen LogP contribution < -0.4 is 0 Å². The predicted octanol–water partition coefficient (Wildman–Crippen LogP) is 11.7. The molecule has 0 bridgehead atoms. The second-order valence-corrected chi connectivity index (χ2v) is 13.3. The first-order valence-corrected chi connectivity index (χ1v) is 17.1. The fourth-order valence-electron chi connectivity index (χ4n) is 8.63. The van der Waals surface area contributed by atoms with Crippen molar-refractivity contribution in [2.75, 3.05) is 0 Å². The lowest BCUT2D eigenvalue weighted by Gasteiger charge is -2.30. The summed E-state index contributed by atoms with van der Waals surface area (Å²) in [6, 6.07) is 60.4. The maximum absolute atomic E-state index is 6.75. The molecule has 3 nitrogen and oxygen atoms in total. The van der Waals surface area contributed by atoms with Crippen molar-refractivity contribution in [3.8, 4) is 56.2 Å². The lowest BCUT2D eigenvalue weighted by molar-refractivity contribution is 0.669. The van der Waals surface area contributed by atoms with E-state index in [0.717, 1.165) is 55.6 Å². The van der Waals surface area contributed by atoms with Crippen molar-refractivity contribution in [2.45, 2.75) is 5.41 Å². The molecule has 232 valence electrons. The summed E-state index contributed by atoms with van der Waals surface area (Å²) in [7, 11) is 0. The van der Waals surface area contributed by atoms with E-state index in [4.69, 9.17) is 14.4 Å². The van der Waals surface area contributed by atoms with Gasteiger partial charge >= 0.3 is 0 Å². The second kappa shape index (κ2) is 10.2. The van der Waals surface area contributed by atoms with Crippen molar-refractivity contribution >= 4 is 21.9 Å². The summed E-state index contributed by atoms with van der Waals surface area (Å²) in [5.74, 6) is 0.701. The molecule has 3 heteroatoms. The summed E-state index contributed by atoms with van der Waals surface area (Å²) in [5, 5.41) is 2.27. The number of benzene rings is 7. The first-order chi connectivity index (χ1) is 24.8. The Morgan fingerprint density at radius 1 is 0.400 bits per heavy atom. The van der Waals surface area contributed by atoms with Crippen molar-refractivity contribution in [1.29, 1.82) is 0 Å². The lowest BCUT2D eigenvalue weighted by Crippen LogP contribution is -2.25. The Bertz CT molecular complexity index is 2710. The SMILES string of the molecule is c1ccc(-c2cc(-c3ccccc3)nc(-c3ccc4c(c3)C3(c5ccccc5-c5ccccc53)c3ccc5c(oc6ccccc65)c3-4)n2)cc1. The Hall–Kier alpha value is -6.58. The summed E-state index contributed by atoms with van der Waals surface area (Å²) in [6.07, 6.45) is 0. The van der Waals surface area contributed by atoms with Crippen LogP contribution in [0.4, 0.5) is 0 Å². The molecule has 50 heavy (non-hydrogen) atoms. The number of nitrogens with zero attached hydrogens (tertiary/aromatic N) is 2. The summed E-state index contributed by atoms with van der Waals surface area (Å²) >= 11 is 0. The lowest BCUT2D eigenvalue weighted by atomic mass is 9.70. The van der Waals surface area contributed by atoms with E-state index in [0.29, 0.717) is 5.82 Å². The van der Waals surface area contributed by atoms with E-state index in [1.54, 1.807) is 0 Å². The minimum Gasteiger partial charge on any atom is -0.455 e. The van der Waals surface area contributed by atoms with Crippen LogP contribution in [0.25, 0.3) is 78.1 Å². The standard InChI is InChI=1S/C47H28N2O/c1-3-13-29(14-4-1)41-28-42(30-15-5-2-6-16-30)49-46(48-41)31-23-24-36-40(27-31)47(37-20-10-7-17-32(37)33-18-8-11-21-38(33)47)39-26-25-35-34-19-9-12-22-43(34)50-45(35)44(36)39/h1-28H. The van der Waals surface area contributed by atoms with Gasteiger partial charge in [-0.25, -0.2) is 9.97 Å². The van der Waals surface area contributed by atoms with Crippen LogP contribution in [0.2, 0.25) is 0 Å². The van der Waals surface area contributed by atoms with Crippen LogP contribution >= 0.6 is 0 Å². The molecule has 7 aromatic carbocycles. The molecular formula is C47H28N2O. The van der Waals surface area contributed by atoms with Gasteiger partial charge in [0.15, 0.2) is 5.82 Å². The highest BCUT2D eigenvalue weighted by Gasteiger charge is 2.52. The highest BCUT2D eigenvalue weighted by molar-refractivity contribution is 6.13. The van der Waals surface area contributed by atoms with Crippen LogP contribution in [-0.4, -0.2) is 9.97 Å². The molecule has 0 saturated carbocycles. The van der Waals surface area contributed by atoms with E-state index in [2.05, 4.69) is 152 Å². The maximum Gasteiger partial charge on any atom is 0.160 e. The van der Waals surface area contributed by atoms with Crippen molar-refractivity contribution in [1.82, 2.24) is 9.97 Å². The monoisotopic (exact) mass is 636 g/mol. The Morgan fingerprint density at radius 3 is 1.68 bits per heavy atom. The number of hydrogen-bond donors (Lipinski definition) is 0. The summed E-state index contributed by atoms with van der Waals surface area (Å²) < 4.78 is 6.75. The fourth-order valence-corrected chi connectivity index (χ4v) is 8.63. The molecular weight excluding hydrogens is 609 g/mol. The molecule has 0 aliphatic heterocycles. The van der Waals surface area contributed by atoms with Crippen LogP contribution in [0.15, 0.2) is 174 Å². The van der Waals surface area contributed by atoms with E-state index in [9.17, 15) is 0 Å². The van der Waals surface area contributed by atoms with Crippen LogP contribution in [0, 0.1) is 0 Å². The van der Waals surface area contributed by atoms with Gasteiger partial charge in [-0.05, 0) is 57.1 Å². The Morgan fingerprint density at radius 2 is 1.00 bits per heavy atom. The second-order valence-electron chi connectivity index (χ2n) is 13.3. The van der Waals surface area contributed by atoms with Crippen LogP contribution in [0.3, 0.4) is 0 Å². The van der Waals surface area contributed by atoms with Crippen LogP contribution in [0.1, 0.15) is 22.3 Å². The molecule has 0 radical (unpaired) electrons. The van der Waals surface area contributed by atoms with E-state index in [1.807, 2.05) is 18.2 Å². The van der Waals surface area contributed by atoms with Gasteiger partial charge in [0.05, 0.1) is 16.8 Å². The van der Waals surface area contributed by atoms with Gasteiger partial charge in [0.2, 0.25) is 0 Å². The number of furan rings is 1. The third-order valence-electron chi connectivity index (χ3n) is 10.7. The van der Waals surface area contributed by atoms with Crippen molar-refractivity contribution in [3.63, 3.8) is 0 Å². The van der Waals surface area contributed by atoms with Gasteiger partial charge in [0.1, 0.15) is 11.2 Å². The molecule has 2 aromatic heterocycles. The number of hydrogen-bond acceptors (Lipinski definition) is 3. The van der Waals surface area contributed by atoms with Gasteiger partial charge in [-0.2, -0.15) is 0 Å². The third kappa shape index (κ3) is 3.64. The number of fused-ring (bicyclic) bond motifs is 14. The summed E-state index contributed by atoms with van der Waals surface area (Å²) in [6.45, 7) is 0. The smallest absolute Gasteiger partial charge is 0.160 e. The van der Waals surface area contributed by atoms with E-state index >= 15 is 0 Å². The Kier molecular flexibility index (Phi) is 5.59. The zero-order valence-corrected chi connectivity index (χ0v) is 27.0. The van der Waals surface area contributed by atoms with E-state index in [1.165, 1.54) is 38.9 Å². The average Bonchev–Trinajstić information content (AvgIpc) is 3.82. The molecule has 2 aliphatic rings. The first kappa shape index (κ1) is 27.4.